The molecule has 0 bridgehead atoms. The Balaban J connectivity index is 0.000000593. The van der Waals surface area contributed by atoms with E-state index in [9.17, 15) is 9.59 Å². The van der Waals surface area contributed by atoms with Crippen molar-refractivity contribution in [3.8, 4) is 0 Å². The number of rotatable bonds is 7. The van der Waals surface area contributed by atoms with E-state index in [1.54, 1.807) is 24.3 Å². The Labute approximate surface area is 167 Å². The molecule has 0 aliphatic heterocycles. The maximum Gasteiger partial charge on any atom is 0.339 e. The molecule has 0 unspecified atom stereocenters. The molecule has 0 radical (unpaired) electrons. The average Bonchev–Trinajstić information content (AvgIpc) is 2.77. The standard InChI is InChI=1S/C14H14O4.C6H6.C4H6/c1-3-9-17-13(15)11-7-5-6-8-12(11)14(16)18-10-4-2;1-2-4-6-5-3-1;1-3-4-2/h3-8H,1-2,9-10H2;1-6H;3-4H,1-2H2. The van der Waals surface area contributed by atoms with E-state index in [2.05, 4.69) is 26.3 Å². The molecule has 0 amide bonds. The molecule has 2 aromatic rings. The van der Waals surface area contributed by atoms with Crippen molar-refractivity contribution in [2.75, 3.05) is 13.2 Å². The zero-order chi connectivity index (χ0) is 21.0. The number of esters is 2. The van der Waals surface area contributed by atoms with Gasteiger partial charge in [-0.2, -0.15) is 0 Å². The average molecular weight is 378 g/mol. The molecule has 2 aromatic carbocycles. The number of allylic oxidation sites excluding steroid dienone is 2. The van der Waals surface area contributed by atoms with Crippen LogP contribution in [0.4, 0.5) is 0 Å². The van der Waals surface area contributed by atoms with Gasteiger partial charge in [0.05, 0.1) is 11.1 Å². The van der Waals surface area contributed by atoms with Gasteiger partial charge < -0.3 is 9.47 Å². The molecule has 146 valence electrons. The normalized spacial score (nSPS) is 8.43. The third-order valence-corrected chi connectivity index (χ3v) is 2.86. The van der Waals surface area contributed by atoms with Gasteiger partial charge in [-0.25, -0.2) is 9.59 Å². The Morgan fingerprint density at radius 3 is 1.21 bits per heavy atom. The predicted octanol–water partition coefficient (Wildman–Crippen LogP) is 5.42. The second-order valence-electron chi connectivity index (χ2n) is 4.95. The van der Waals surface area contributed by atoms with Gasteiger partial charge in [0.1, 0.15) is 13.2 Å². The van der Waals surface area contributed by atoms with Crippen LogP contribution in [0.25, 0.3) is 0 Å². The van der Waals surface area contributed by atoms with Gasteiger partial charge in [0.25, 0.3) is 0 Å². The van der Waals surface area contributed by atoms with Gasteiger partial charge in [-0.05, 0) is 12.1 Å². The van der Waals surface area contributed by atoms with E-state index in [0.29, 0.717) is 0 Å². The molecule has 0 N–H and O–H groups in total. The number of ether oxygens (including phenoxy) is 2. The second kappa shape index (κ2) is 16.8. The van der Waals surface area contributed by atoms with Crippen molar-refractivity contribution in [1.29, 1.82) is 0 Å². The van der Waals surface area contributed by atoms with Gasteiger partial charge >= 0.3 is 11.9 Å². The molecule has 4 nitrogen and oxygen atoms in total. The molecule has 0 fully saturated rings. The van der Waals surface area contributed by atoms with Crippen molar-refractivity contribution in [1.82, 2.24) is 0 Å². The smallest absolute Gasteiger partial charge is 0.339 e. The van der Waals surface area contributed by atoms with E-state index in [0.717, 1.165) is 0 Å². The minimum absolute atomic E-state index is 0.0921. The summed E-state index contributed by atoms with van der Waals surface area (Å²) in [5.41, 5.74) is 0.349. The molecule has 0 spiro atoms. The minimum Gasteiger partial charge on any atom is -0.458 e. The van der Waals surface area contributed by atoms with Crippen LogP contribution in [-0.2, 0) is 9.47 Å². The molecule has 2 rings (SSSR count). The lowest BCUT2D eigenvalue weighted by Gasteiger charge is -2.07. The van der Waals surface area contributed by atoms with Crippen molar-refractivity contribution in [2.45, 2.75) is 0 Å². The minimum atomic E-state index is -0.582. The zero-order valence-electron chi connectivity index (χ0n) is 16.0. The number of benzene rings is 2. The number of carbonyl (C=O) groups excluding carboxylic acids is 2. The lowest BCUT2D eigenvalue weighted by atomic mass is 10.1. The van der Waals surface area contributed by atoms with E-state index < -0.39 is 11.9 Å². The van der Waals surface area contributed by atoms with E-state index in [-0.39, 0.29) is 24.3 Å². The van der Waals surface area contributed by atoms with Crippen LogP contribution < -0.4 is 0 Å². The maximum atomic E-state index is 11.7. The molecule has 4 heteroatoms. The Morgan fingerprint density at radius 1 is 0.643 bits per heavy atom. The van der Waals surface area contributed by atoms with Crippen LogP contribution in [0.2, 0.25) is 0 Å². The van der Waals surface area contributed by atoms with Gasteiger partial charge in [-0.15, -0.1) is 0 Å². The fourth-order valence-corrected chi connectivity index (χ4v) is 1.65. The SMILES string of the molecule is C=CC=C.C=CCOC(=O)c1ccccc1C(=O)OCC=C.c1ccccc1. The van der Waals surface area contributed by atoms with E-state index in [1.165, 1.54) is 24.3 Å². The van der Waals surface area contributed by atoms with Crippen molar-refractivity contribution in [3.63, 3.8) is 0 Å². The summed E-state index contributed by atoms with van der Waals surface area (Å²) >= 11 is 0. The summed E-state index contributed by atoms with van der Waals surface area (Å²) in [7, 11) is 0. The first-order chi connectivity index (χ1) is 13.6. The number of hydrogen-bond acceptors (Lipinski definition) is 4. The molecule has 0 atom stereocenters. The van der Waals surface area contributed by atoms with Crippen LogP contribution in [0, 0.1) is 0 Å². The van der Waals surface area contributed by atoms with Gasteiger partial charge in [-0.1, -0.05) is 99.2 Å². The molecule has 0 aromatic heterocycles. The molecule has 0 heterocycles. The van der Waals surface area contributed by atoms with Crippen LogP contribution in [0.1, 0.15) is 20.7 Å². The van der Waals surface area contributed by atoms with E-state index in [4.69, 9.17) is 9.47 Å². The highest BCUT2D eigenvalue weighted by molar-refractivity contribution is 6.03. The number of carbonyl (C=O) groups is 2. The van der Waals surface area contributed by atoms with Crippen LogP contribution >= 0.6 is 0 Å². The highest BCUT2D eigenvalue weighted by Gasteiger charge is 2.18. The molecular formula is C24H26O4. The van der Waals surface area contributed by atoms with Gasteiger partial charge in [0.15, 0.2) is 0 Å². The third-order valence-electron chi connectivity index (χ3n) is 2.86. The lowest BCUT2D eigenvalue weighted by molar-refractivity contribution is 0.0503. The van der Waals surface area contributed by atoms with Crippen LogP contribution in [-0.4, -0.2) is 25.2 Å². The Kier molecular flexibility index (Phi) is 14.6. The Morgan fingerprint density at radius 2 is 0.964 bits per heavy atom. The Bertz CT molecular complexity index is 673. The van der Waals surface area contributed by atoms with Crippen LogP contribution in [0.15, 0.2) is 111 Å². The van der Waals surface area contributed by atoms with Crippen molar-refractivity contribution >= 4 is 11.9 Å². The fourth-order valence-electron chi connectivity index (χ4n) is 1.65. The summed E-state index contributed by atoms with van der Waals surface area (Å²) in [6, 6.07) is 18.3. The molecular weight excluding hydrogens is 352 g/mol. The summed E-state index contributed by atoms with van der Waals surface area (Å²) in [6.07, 6.45) is 6.19. The van der Waals surface area contributed by atoms with Crippen LogP contribution in [0.5, 0.6) is 0 Å². The topological polar surface area (TPSA) is 52.6 Å². The first kappa shape index (κ1) is 24.3. The molecule has 28 heavy (non-hydrogen) atoms. The third kappa shape index (κ3) is 11.1. The van der Waals surface area contributed by atoms with Crippen molar-refractivity contribution in [2.24, 2.45) is 0 Å². The molecule has 0 aliphatic carbocycles. The monoisotopic (exact) mass is 378 g/mol. The van der Waals surface area contributed by atoms with Crippen molar-refractivity contribution in [3.05, 3.63) is 122 Å². The summed E-state index contributed by atoms with van der Waals surface area (Å²) in [5.74, 6) is -1.16. The highest BCUT2D eigenvalue weighted by atomic mass is 16.5. The summed E-state index contributed by atoms with van der Waals surface area (Å²) < 4.78 is 9.78. The first-order valence-corrected chi connectivity index (χ1v) is 8.50. The fraction of sp³-hybridized carbons (Fsp3) is 0.0833. The second-order valence-corrected chi connectivity index (χ2v) is 4.95. The van der Waals surface area contributed by atoms with Gasteiger partial charge in [0, 0.05) is 0 Å². The molecule has 0 saturated heterocycles. The van der Waals surface area contributed by atoms with E-state index in [1.807, 2.05) is 36.4 Å². The van der Waals surface area contributed by atoms with Crippen LogP contribution in [0.3, 0.4) is 0 Å². The Hall–Kier alpha value is -3.66. The maximum absolute atomic E-state index is 11.7. The summed E-state index contributed by atoms with van der Waals surface area (Å²) in [5, 5.41) is 0. The van der Waals surface area contributed by atoms with Crippen molar-refractivity contribution < 1.29 is 19.1 Å². The van der Waals surface area contributed by atoms with Gasteiger partial charge in [0.2, 0.25) is 0 Å². The lowest BCUT2D eigenvalue weighted by Crippen LogP contribution is -2.14. The first-order valence-electron chi connectivity index (χ1n) is 8.50. The summed E-state index contributed by atoms with van der Waals surface area (Å²) in [4.78, 5) is 23.4. The quantitative estimate of drug-likeness (QED) is 0.367. The van der Waals surface area contributed by atoms with E-state index >= 15 is 0 Å². The zero-order valence-corrected chi connectivity index (χ0v) is 16.0. The molecule has 0 aliphatic rings. The predicted molar refractivity (Wildman–Crippen MR) is 114 cm³/mol. The summed E-state index contributed by atoms with van der Waals surface area (Å²) in [6.45, 7) is 13.8. The largest absolute Gasteiger partial charge is 0.458 e. The van der Waals surface area contributed by atoms with Gasteiger partial charge in [-0.3, -0.25) is 0 Å². The highest BCUT2D eigenvalue weighted by Crippen LogP contribution is 2.12. The molecule has 0 saturated carbocycles. The number of hydrogen-bond donors (Lipinski definition) is 0.